The summed E-state index contributed by atoms with van der Waals surface area (Å²) < 4.78 is 1.90. The molecule has 1 heterocycles. The third kappa shape index (κ3) is 1.80. The van der Waals surface area contributed by atoms with Crippen molar-refractivity contribution >= 4 is 11.6 Å². The predicted molar refractivity (Wildman–Crippen MR) is 76.7 cm³/mol. The van der Waals surface area contributed by atoms with Gasteiger partial charge in [0.15, 0.2) is 0 Å². The SMILES string of the molecule is CC1=C2C=c3c(cnn3C[C@@H](C)O)=C2C(C)(C)C=C1. The van der Waals surface area contributed by atoms with Crippen molar-refractivity contribution in [1.29, 1.82) is 0 Å². The Morgan fingerprint density at radius 2 is 2.16 bits per heavy atom. The van der Waals surface area contributed by atoms with E-state index in [2.05, 4.69) is 44.1 Å². The third-order valence-electron chi connectivity index (χ3n) is 3.96. The fourth-order valence-corrected chi connectivity index (χ4v) is 3.00. The van der Waals surface area contributed by atoms with Gasteiger partial charge in [0.05, 0.1) is 24.2 Å². The van der Waals surface area contributed by atoms with E-state index in [1.807, 2.05) is 10.9 Å². The van der Waals surface area contributed by atoms with Crippen LogP contribution in [0.2, 0.25) is 0 Å². The fourth-order valence-electron chi connectivity index (χ4n) is 3.00. The minimum atomic E-state index is -0.383. The van der Waals surface area contributed by atoms with Gasteiger partial charge in [0.1, 0.15) is 0 Å². The van der Waals surface area contributed by atoms with Crippen LogP contribution in [0.15, 0.2) is 29.5 Å². The maximum absolute atomic E-state index is 9.56. The van der Waals surface area contributed by atoms with Gasteiger partial charge in [0.25, 0.3) is 0 Å². The van der Waals surface area contributed by atoms with Crippen LogP contribution in [0.25, 0.3) is 11.6 Å². The third-order valence-corrected chi connectivity index (χ3v) is 3.96. The summed E-state index contributed by atoms with van der Waals surface area (Å²) in [4.78, 5) is 0. The Labute approximate surface area is 113 Å². The highest BCUT2D eigenvalue weighted by Crippen LogP contribution is 2.40. The van der Waals surface area contributed by atoms with E-state index in [4.69, 9.17) is 0 Å². The number of nitrogens with zero attached hydrogens (tertiary/aromatic N) is 2. The highest BCUT2D eigenvalue weighted by molar-refractivity contribution is 5.88. The first-order valence-corrected chi connectivity index (χ1v) is 6.77. The predicted octanol–water partition coefficient (Wildman–Crippen LogP) is 1.12. The normalized spacial score (nSPS) is 21.2. The summed E-state index contributed by atoms with van der Waals surface area (Å²) in [5, 5.41) is 16.3. The van der Waals surface area contributed by atoms with E-state index < -0.39 is 0 Å². The molecule has 1 aromatic rings. The minimum absolute atomic E-state index is 0.0370. The molecular weight excluding hydrogens is 236 g/mol. The molecule has 1 atom stereocenters. The van der Waals surface area contributed by atoms with Crippen molar-refractivity contribution in [2.24, 2.45) is 5.41 Å². The average Bonchev–Trinajstić information content (AvgIpc) is 2.84. The van der Waals surface area contributed by atoms with Gasteiger partial charge >= 0.3 is 0 Å². The molecule has 1 N–H and O–H groups in total. The first kappa shape index (κ1) is 12.4. The summed E-state index contributed by atoms with van der Waals surface area (Å²) in [6.45, 7) is 8.95. The van der Waals surface area contributed by atoms with E-state index in [1.54, 1.807) is 6.92 Å². The Balaban J connectivity index is 2.28. The van der Waals surface area contributed by atoms with Crippen LogP contribution in [-0.2, 0) is 6.54 Å². The number of rotatable bonds is 2. The van der Waals surface area contributed by atoms with Gasteiger partial charge in [-0.05, 0) is 36.6 Å². The lowest BCUT2D eigenvalue weighted by molar-refractivity contribution is 0.167. The van der Waals surface area contributed by atoms with Crippen molar-refractivity contribution < 1.29 is 5.11 Å². The van der Waals surface area contributed by atoms with Crippen LogP contribution in [0, 0.1) is 5.41 Å². The molecule has 0 spiro atoms. The molecule has 100 valence electrons. The molecule has 1 aromatic heterocycles. The zero-order chi connectivity index (χ0) is 13.8. The topological polar surface area (TPSA) is 38.0 Å². The van der Waals surface area contributed by atoms with Gasteiger partial charge in [-0.1, -0.05) is 26.0 Å². The number of hydrogen-bond donors (Lipinski definition) is 1. The molecule has 0 saturated heterocycles. The molecule has 0 saturated carbocycles. The van der Waals surface area contributed by atoms with Crippen LogP contribution in [0.3, 0.4) is 0 Å². The number of aliphatic hydroxyl groups excluding tert-OH is 1. The first-order chi connectivity index (χ1) is 8.90. The van der Waals surface area contributed by atoms with Gasteiger partial charge in [-0.3, -0.25) is 4.68 Å². The van der Waals surface area contributed by atoms with Gasteiger partial charge in [-0.25, -0.2) is 0 Å². The molecule has 0 bridgehead atoms. The van der Waals surface area contributed by atoms with Crippen LogP contribution in [0.4, 0.5) is 0 Å². The lowest BCUT2D eigenvalue weighted by Gasteiger charge is -2.28. The lowest BCUT2D eigenvalue weighted by Crippen LogP contribution is -2.32. The number of aliphatic hydroxyl groups is 1. The largest absolute Gasteiger partial charge is 0.391 e. The molecule has 0 amide bonds. The summed E-state index contributed by atoms with van der Waals surface area (Å²) in [6, 6.07) is 0. The molecule has 0 unspecified atom stereocenters. The first-order valence-electron chi connectivity index (χ1n) is 6.77. The Bertz CT molecular complexity index is 714. The lowest BCUT2D eigenvalue weighted by atomic mass is 9.75. The average molecular weight is 256 g/mol. The van der Waals surface area contributed by atoms with Crippen LogP contribution < -0.4 is 10.6 Å². The molecule has 19 heavy (non-hydrogen) atoms. The number of aromatic nitrogens is 2. The van der Waals surface area contributed by atoms with Crippen LogP contribution in [0.1, 0.15) is 27.7 Å². The van der Waals surface area contributed by atoms with Crippen LogP contribution >= 0.6 is 0 Å². The van der Waals surface area contributed by atoms with Crippen LogP contribution in [0.5, 0.6) is 0 Å². The molecule has 3 heteroatoms. The quantitative estimate of drug-likeness (QED) is 0.861. The maximum atomic E-state index is 9.56. The van der Waals surface area contributed by atoms with Gasteiger partial charge in [-0.2, -0.15) is 5.10 Å². The maximum Gasteiger partial charge on any atom is 0.0708 e. The highest BCUT2D eigenvalue weighted by atomic mass is 16.3. The monoisotopic (exact) mass is 256 g/mol. The van der Waals surface area contributed by atoms with Gasteiger partial charge < -0.3 is 5.11 Å². The van der Waals surface area contributed by atoms with Crippen molar-refractivity contribution in [2.75, 3.05) is 0 Å². The molecule has 2 aliphatic rings. The molecule has 3 nitrogen and oxygen atoms in total. The minimum Gasteiger partial charge on any atom is -0.391 e. The summed E-state index contributed by atoms with van der Waals surface area (Å²) in [5.74, 6) is 0. The number of allylic oxidation sites excluding steroid dienone is 4. The summed E-state index contributed by atoms with van der Waals surface area (Å²) >= 11 is 0. The molecule has 3 rings (SSSR count). The van der Waals surface area contributed by atoms with Crippen molar-refractivity contribution in [3.8, 4) is 0 Å². The molecular formula is C16H20N2O. The van der Waals surface area contributed by atoms with Crippen molar-refractivity contribution in [1.82, 2.24) is 9.78 Å². The number of hydrogen-bond acceptors (Lipinski definition) is 2. The second-order valence-corrected chi connectivity index (χ2v) is 6.15. The van der Waals surface area contributed by atoms with E-state index >= 15 is 0 Å². The second-order valence-electron chi connectivity index (χ2n) is 6.15. The van der Waals surface area contributed by atoms with E-state index in [0.717, 1.165) is 5.35 Å². The highest BCUT2D eigenvalue weighted by Gasteiger charge is 2.30. The van der Waals surface area contributed by atoms with E-state index in [-0.39, 0.29) is 11.5 Å². The van der Waals surface area contributed by atoms with E-state index in [0.29, 0.717) is 6.54 Å². The van der Waals surface area contributed by atoms with E-state index in [1.165, 1.54) is 21.9 Å². The van der Waals surface area contributed by atoms with E-state index in [9.17, 15) is 5.11 Å². The van der Waals surface area contributed by atoms with Gasteiger partial charge in [0, 0.05) is 10.6 Å². The zero-order valence-corrected chi connectivity index (χ0v) is 11.9. The number of fused-ring (bicyclic) bond motifs is 2. The smallest absolute Gasteiger partial charge is 0.0708 e. The standard InChI is InChI=1S/C16H20N2O/c1-10-5-6-16(3,4)15-12(10)7-14-13(15)8-17-18(14)9-11(2)19/h5-8,11,19H,9H2,1-4H3/t11-/m1/s1. The van der Waals surface area contributed by atoms with Crippen molar-refractivity contribution in [3.63, 3.8) is 0 Å². The Morgan fingerprint density at radius 1 is 1.42 bits per heavy atom. The second kappa shape index (κ2) is 3.94. The molecule has 0 fully saturated rings. The summed E-state index contributed by atoms with van der Waals surface area (Å²) in [7, 11) is 0. The van der Waals surface area contributed by atoms with Crippen molar-refractivity contribution in [2.45, 2.75) is 40.3 Å². The molecule has 0 aliphatic heterocycles. The van der Waals surface area contributed by atoms with Crippen molar-refractivity contribution in [3.05, 3.63) is 40.1 Å². The summed E-state index contributed by atoms with van der Waals surface area (Å²) in [5.41, 5.74) is 4.02. The van der Waals surface area contributed by atoms with Gasteiger partial charge in [0.2, 0.25) is 0 Å². The Morgan fingerprint density at radius 3 is 2.84 bits per heavy atom. The fraction of sp³-hybridized carbons (Fsp3) is 0.438. The molecule has 0 radical (unpaired) electrons. The molecule has 0 aromatic carbocycles. The zero-order valence-electron chi connectivity index (χ0n) is 11.9. The molecule has 2 aliphatic carbocycles. The van der Waals surface area contributed by atoms with Crippen LogP contribution in [-0.4, -0.2) is 21.0 Å². The Hall–Kier alpha value is -1.61. The summed E-state index contributed by atoms with van der Waals surface area (Å²) in [6.07, 6.45) is 8.22. The van der Waals surface area contributed by atoms with Gasteiger partial charge in [-0.15, -0.1) is 0 Å². The Kier molecular flexibility index (Phi) is 2.58.